The molecular formula is C15H20BrN3. The lowest BCUT2D eigenvalue weighted by molar-refractivity contribution is 0.360. The van der Waals surface area contributed by atoms with Crippen molar-refractivity contribution in [3.05, 3.63) is 28.7 Å². The molecule has 4 heteroatoms. The van der Waals surface area contributed by atoms with Crippen LogP contribution in [0.5, 0.6) is 0 Å². The maximum Gasteiger partial charge on any atom is 0.0638 e. The van der Waals surface area contributed by atoms with Crippen molar-refractivity contribution in [2.45, 2.75) is 26.3 Å². The van der Waals surface area contributed by atoms with Crippen molar-refractivity contribution in [2.24, 2.45) is 5.41 Å². The average Bonchev–Trinajstić information content (AvgIpc) is 2.49. The number of nitrogens with zero attached hydrogens (tertiary/aromatic N) is 2. The number of benzene rings is 1. The molecule has 0 saturated carbocycles. The number of halogens is 1. The largest absolute Gasteiger partial charge is 0.369 e. The molecule has 1 aromatic carbocycles. The first-order valence-corrected chi connectivity index (χ1v) is 7.40. The third kappa shape index (κ3) is 3.95. The predicted molar refractivity (Wildman–Crippen MR) is 82.2 cm³/mol. The van der Waals surface area contributed by atoms with Gasteiger partial charge in [-0.15, -0.1) is 0 Å². The molecule has 102 valence electrons. The second kappa shape index (κ2) is 5.94. The Balaban J connectivity index is 2.23. The van der Waals surface area contributed by atoms with Gasteiger partial charge in [-0.1, -0.05) is 35.8 Å². The minimum atomic E-state index is 0.201. The molecule has 2 rings (SSSR count). The highest BCUT2D eigenvalue weighted by atomic mass is 79.9. The Bertz CT molecular complexity index is 479. The maximum absolute atomic E-state index is 8.93. The summed E-state index contributed by atoms with van der Waals surface area (Å²) in [7, 11) is 0. The van der Waals surface area contributed by atoms with Crippen molar-refractivity contribution in [1.29, 1.82) is 5.26 Å². The van der Waals surface area contributed by atoms with E-state index in [4.69, 9.17) is 5.26 Å². The standard InChI is InChI=1S/C15H20BrN3/c1-15(2)10-18-13(6-7-17)9-19(11-15)14-5-3-4-12(16)8-14/h3-5,8,13,18H,6,9-11H2,1-2H3. The molecule has 0 aliphatic carbocycles. The summed E-state index contributed by atoms with van der Waals surface area (Å²) in [5.74, 6) is 0. The quantitative estimate of drug-likeness (QED) is 0.909. The highest BCUT2D eigenvalue weighted by Crippen LogP contribution is 2.26. The fourth-order valence-corrected chi connectivity index (χ4v) is 2.89. The molecular weight excluding hydrogens is 302 g/mol. The third-order valence-corrected chi connectivity index (χ3v) is 3.93. The minimum Gasteiger partial charge on any atom is -0.369 e. The van der Waals surface area contributed by atoms with E-state index in [0.717, 1.165) is 24.1 Å². The van der Waals surface area contributed by atoms with E-state index < -0.39 is 0 Å². The zero-order valence-electron chi connectivity index (χ0n) is 11.5. The van der Waals surface area contributed by atoms with E-state index in [1.54, 1.807) is 0 Å². The molecule has 0 spiro atoms. The minimum absolute atomic E-state index is 0.201. The zero-order valence-corrected chi connectivity index (χ0v) is 13.1. The van der Waals surface area contributed by atoms with Crippen LogP contribution in [0.1, 0.15) is 20.3 Å². The Hall–Kier alpha value is -1.05. The molecule has 0 amide bonds. The first-order chi connectivity index (χ1) is 9.00. The third-order valence-electron chi connectivity index (χ3n) is 3.44. The van der Waals surface area contributed by atoms with Crippen molar-refractivity contribution in [3.63, 3.8) is 0 Å². The number of nitrogens with one attached hydrogen (secondary N) is 1. The lowest BCUT2D eigenvalue weighted by Gasteiger charge is -2.31. The Morgan fingerprint density at radius 2 is 2.32 bits per heavy atom. The SMILES string of the molecule is CC1(C)CNC(CC#N)CN(c2cccc(Br)c2)C1. The average molecular weight is 322 g/mol. The van der Waals surface area contributed by atoms with Crippen LogP contribution in [0.2, 0.25) is 0 Å². The van der Waals surface area contributed by atoms with E-state index in [0.29, 0.717) is 6.42 Å². The fraction of sp³-hybridized carbons (Fsp3) is 0.533. The van der Waals surface area contributed by atoms with Crippen LogP contribution in [0.4, 0.5) is 5.69 Å². The van der Waals surface area contributed by atoms with Crippen LogP contribution in [0.15, 0.2) is 28.7 Å². The Morgan fingerprint density at radius 3 is 3.00 bits per heavy atom. The summed E-state index contributed by atoms with van der Waals surface area (Å²) >= 11 is 3.53. The highest BCUT2D eigenvalue weighted by molar-refractivity contribution is 9.10. The molecule has 3 nitrogen and oxygen atoms in total. The van der Waals surface area contributed by atoms with E-state index in [9.17, 15) is 0 Å². The van der Waals surface area contributed by atoms with Gasteiger partial charge in [0.2, 0.25) is 0 Å². The van der Waals surface area contributed by atoms with Gasteiger partial charge in [0.1, 0.15) is 0 Å². The van der Waals surface area contributed by atoms with Gasteiger partial charge in [0.25, 0.3) is 0 Å². The summed E-state index contributed by atoms with van der Waals surface area (Å²) in [6.07, 6.45) is 0.556. The van der Waals surface area contributed by atoms with Crippen molar-refractivity contribution < 1.29 is 0 Å². The van der Waals surface area contributed by atoms with Crippen molar-refractivity contribution in [2.75, 3.05) is 24.5 Å². The molecule has 1 fully saturated rings. The Labute approximate surface area is 123 Å². The topological polar surface area (TPSA) is 39.1 Å². The normalized spacial score (nSPS) is 22.6. The van der Waals surface area contributed by atoms with E-state index in [1.807, 2.05) is 6.07 Å². The lowest BCUT2D eigenvalue weighted by Crippen LogP contribution is -2.37. The van der Waals surface area contributed by atoms with E-state index >= 15 is 0 Å². The lowest BCUT2D eigenvalue weighted by atomic mass is 9.93. The summed E-state index contributed by atoms with van der Waals surface area (Å²) in [5, 5.41) is 12.4. The fourth-order valence-electron chi connectivity index (χ4n) is 2.50. The smallest absolute Gasteiger partial charge is 0.0638 e. The van der Waals surface area contributed by atoms with Crippen LogP contribution in [0, 0.1) is 16.7 Å². The van der Waals surface area contributed by atoms with Gasteiger partial charge < -0.3 is 10.2 Å². The molecule has 0 aromatic heterocycles. The van der Waals surface area contributed by atoms with Gasteiger partial charge in [-0.25, -0.2) is 0 Å². The maximum atomic E-state index is 8.93. The van der Waals surface area contributed by atoms with E-state index in [2.05, 4.69) is 64.3 Å². The van der Waals surface area contributed by atoms with Crippen LogP contribution >= 0.6 is 15.9 Å². The van der Waals surface area contributed by atoms with Crippen molar-refractivity contribution in [3.8, 4) is 6.07 Å². The van der Waals surface area contributed by atoms with Gasteiger partial charge in [-0.2, -0.15) is 5.26 Å². The van der Waals surface area contributed by atoms with E-state index in [1.165, 1.54) is 5.69 Å². The summed E-state index contributed by atoms with van der Waals surface area (Å²) < 4.78 is 1.09. The summed E-state index contributed by atoms with van der Waals surface area (Å²) in [4.78, 5) is 2.38. The molecule has 19 heavy (non-hydrogen) atoms. The second-order valence-corrected chi connectivity index (χ2v) is 6.88. The van der Waals surface area contributed by atoms with Gasteiger partial charge in [-0.05, 0) is 23.6 Å². The number of nitriles is 1. The number of rotatable bonds is 2. The number of hydrogen-bond donors (Lipinski definition) is 1. The van der Waals surface area contributed by atoms with Gasteiger partial charge in [0, 0.05) is 35.8 Å². The molecule has 1 aliphatic rings. The highest BCUT2D eigenvalue weighted by Gasteiger charge is 2.28. The molecule has 1 heterocycles. The summed E-state index contributed by atoms with van der Waals surface area (Å²) in [6.45, 7) is 7.36. The van der Waals surface area contributed by atoms with Crippen molar-refractivity contribution in [1.82, 2.24) is 5.32 Å². The molecule has 1 aromatic rings. The first kappa shape index (κ1) is 14.4. The second-order valence-electron chi connectivity index (χ2n) is 5.96. The molecule has 0 radical (unpaired) electrons. The van der Waals surface area contributed by atoms with Crippen LogP contribution in [-0.2, 0) is 0 Å². The van der Waals surface area contributed by atoms with Crippen molar-refractivity contribution >= 4 is 21.6 Å². The number of anilines is 1. The molecule has 1 unspecified atom stereocenters. The number of hydrogen-bond acceptors (Lipinski definition) is 3. The van der Waals surface area contributed by atoms with Crippen LogP contribution in [-0.4, -0.2) is 25.7 Å². The molecule has 1 aliphatic heterocycles. The van der Waals surface area contributed by atoms with Gasteiger partial charge in [-0.3, -0.25) is 0 Å². The van der Waals surface area contributed by atoms with Crippen LogP contribution < -0.4 is 10.2 Å². The predicted octanol–water partition coefficient (Wildman–Crippen LogP) is 3.17. The molecule has 0 bridgehead atoms. The molecule has 1 atom stereocenters. The molecule has 1 N–H and O–H groups in total. The van der Waals surface area contributed by atoms with Gasteiger partial charge >= 0.3 is 0 Å². The summed E-state index contributed by atoms with van der Waals surface area (Å²) in [6, 6.07) is 10.9. The van der Waals surface area contributed by atoms with Crippen LogP contribution in [0.3, 0.4) is 0 Å². The Morgan fingerprint density at radius 1 is 1.53 bits per heavy atom. The molecule has 1 saturated heterocycles. The van der Waals surface area contributed by atoms with Crippen LogP contribution in [0.25, 0.3) is 0 Å². The van der Waals surface area contributed by atoms with Gasteiger partial charge in [0.05, 0.1) is 12.5 Å². The Kier molecular flexibility index (Phi) is 4.49. The van der Waals surface area contributed by atoms with E-state index in [-0.39, 0.29) is 11.5 Å². The first-order valence-electron chi connectivity index (χ1n) is 6.61. The zero-order chi connectivity index (χ0) is 13.9. The van der Waals surface area contributed by atoms with Gasteiger partial charge in [0.15, 0.2) is 0 Å². The monoisotopic (exact) mass is 321 g/mol. The summed E-state index contributed by atoms with van der Waals surface area (Å²) in [5.41, 5.74) is 1.42.